The van der Waals surface area contributed by atoms with Crippen LogP contribution in [0.5, 0.6) is 0 Å². The number of hydrogen-bond acceptors (Lipinski definition) is 4. The normalized spacial score (nSPS) is 22.1. The van der Waals surface area contributed by atoms with Crippen molar-refractivity contribution in [3.63, 3.8) is 0 Å². The van der Waals surface area contributed by atoms with E-state index in [9.17, 15) is 17.6 Å². The molecule has 1 amide bonds. The fraction of sp³-hybridized carbons (Fsp3) is 0.409. The lowest BCUT2D eigenvalue weighted by Gasteiger charge is -2.26. The maximum Gasteiger partial charge on any atom is 0.243 e. The van der Waals surface area contributed by atoms with Crippen molar-refractivity contribution in [3.05, 3.63) is 58.9 Å². The lowest BCUT2D eigenvalue weighted by molar-refractivity contribution is -0.118. The van der Waals surface area contributed by atoms with E-state index in [4.69, 9.17) is 0 Å². The SMILES string of the molecule is O=C1CCc2cc(S(=O)(=O)N3CCSC(c4ccccc4F)CC3)cc3c2N1CC3. The number of thioether (sulfide) groups is 1. The quantitative estimate of drug-likeness (QED) is 0.724. The van der Waals surface area contributed by atoms with Crippen LogP contribution in [0, 0.1) is 5.82 Å². The number of rotatable bonds is 3. The van der Waals surface area contributed by atoms with Gasteiger partial charge in [0.2, 0.25) is 15.9 Å². The van der Waals surface area contributed by atoms with Crippen molar-refractivity contribution in [2.45, 2.75) is 35.8 Å². The summed E-state index contributed by atoms with van der Waals surface area (Å²) in [4.78, 5) is 14.2. The molecule has 0 radical (unpaired) electrons. The van der Waals surface area contributed by atoms with Crippen LogP contribution in [0.3, 0.4) is 0 Å². The number of aryl methyl sites for hydroxylation is 1. The standard InChI is InChI=1S/C22H23FN2O3S2/c23-19-4-2-1-3-18(19)20-8-9-24(11-12-29-20)30(27,28)17-13-15-5-6-21(26)25-10-7-16(14-17)22(15)25/h1-4,13-14,20H,5-12H2. The molecule has 2 aromatic carbocycles. The van der Waals surface area contributed by atoms with E-state index in [0.29, 0.717) is 61.5 Å². The number of carbonyl (C=O) groups is 1. The van der Waals surface area contributed by atoms with E-state index in [1.165, 1.54) is 10.4 Å². The Morgan fingerprint density at radius 3 is 2.57 bits per heavy atom. The van der Waals surface area contributed by atoms with E-state index >= 15 is 0 Å². The molecule has 8 heteroatoms. The van der Waals surface area contributed by atoms with Crippen LogP contribution in [0.1, 0.15) is 34.8 Å². The average Bonchev–Trinajstić information content (AvgIpc) is 3.01. The predicted molar refractivity (Wildman–Crippen MR) is 116 cm³/mol. The van der Waals surface area contributed by atoms with Crippen LogP contribution in [-0.2, 0) is 27.7 Å². The van der Waals surface area contributed by atoms with Crippen molar-refractivity contribution in [1.29, 1.82) is 0 Å². The summed E-state index contributed by atoms with van der Waals surface area (Å²) in [6.45, 7) is 1.41. The molecule has 3 heterocycles. The van der Waals surface area contributed by atoms with E-state index < -0.39 is 10.0 Å². The fourth-order valence-electron chi connectivity index (χ4n) is 4.70. The number of hydrogen-bond donors (Lipinski definition) is 0. The third kappa shape index (κ3) is 3.35. The minimum absolute atomic E-state index is 0.0489. The first-order valence-electron chi connectivity index (χ1n) is 10.3. The zero-order valence-electron chi connectivity index (χ0n) is 16.5. The van der Waals surface area contributed by atoms with E-state index in [1.54, 1.807) is 40.9 Å². The van der Waals surface area contributed by atoms with Gasteiger partial charge in [0.05, 0.1) is 10.6 Å². The topological polar surface area (TPSA) is 57.7 Å². The zero-order valence-corrected chi connectivity index (χ0v) is 18.1. The predicted octanol–water partition coefficient (Wildman–Crippen LogP) is 3.53. The Balaban J connectivity index is 1.41. The molecule has 0 spiro atoms. The third-order valence-corrected chi connectivity index (χ3v) is 9.40. The van der Waals surface area contributed by atoms with Crippen LogP contribution < -0.4 is 4.90 Å². The van der Waals surface area contributed by atoms with E-state index in [-0.39, 0.29) is 17.0 Å². The summed E-state index contributed by atoms with van der Waals surface area (Å²) in [5.41, 5.74) is 3.48. The fourth-order valence-corrected chi connectivity index (χ4v) is 7.63. The second-order valence-electron chi connectivity index (χ2n) is 7.96. The molecule has 1 unspecified atom stereocenters. The molecule has 5 rings (SSSR count). The highest BCUT2D eigenvalue weighted by Crippen LogP contribution is 2.40. The van der Waals surface area contributed by atoms with Crippen LogP contribution in [0.15, 0.2) is 41.3 Å². The van der Waals surface area contributed by atoms with Gasteiger partial charge in [0, 0.05) is 42.6 Å². The molecule has 3 aliphatic rings. The Morgan fingerprint density at radius 1 is 1.00 bits per heavy atom. The van der Waals surface area contributed by atoms with Crippen molar-refractivity contribution in [1.82, 2.24) is 4.31 Å². The van der Waals surface area contributed by atoms with Gasteiger partial charge in [-0.05, 0) is 48.6 Å². The number of benzene rings is 2. The van der Waals surface area contributed by atoms with Gasteiger partial charge in [-0.25, -0.2) is 12.8 Å². The molecule has 30 heavy (non-hydrogen) atoms. The summed E-state index contributed by atoms with van der Waals surface area (Å²) in [6, 6.07) is 10.2. The minimum atomic E-state index is -3.64. The summed E-state index contributed by atoms with van der Waals surface area (Å²) < 4.78 is 42.6. The van der Waals surface area contributed by atoms with Crippen LogP contribution in [0.2, 0.25) is 0 Å². The first kappa shape index (κ1) is 20.0. The Bertz CT molecular complexity index is 1120. The molecule has 1 fully saturated rings. The van der Waals surface area contributed by atoms with Gasteiger partial charge in [-0.15, -0.1) is 0 Å². The monoisotopic (exact) mass is 446 g/mol. The lowest BCUT2D eigenvalue weighted by atomic mass is 10.00. The molecule has 3 aliphatic heterocycles. The van der Waals surface area contributed by atoms with Crippen LogP contribution >= 0.6 is 11.8 Å². The molecule has 0 saturated carbocycles. The maximum absolute atomic E-state index is 14.2. The van der Waals surface area contributed by atoms with Gasteiger partial charge in [-0.3, -0.25) is 4.79 Å². The van der Waals surface area contributed by atoms with Crippen molar-refractivity contribution in [2.75, 3.05) is 30.3 Å². The molecular weight excluding hydrogens is 423 g/mol. The van der Waals surface area contributed by atoms with Crippen LogP contribution in [-0.4, -0.2) is 44.0 Å². The van der Waals surface area contributed by atoms with Crippen molar-refractivity contribution < 1.29 is 17.6 Å². The van der Waals surface area contributed by atoms with E-state index in [1.807, 2.05) is 6.07 Å². The largest absolute Gasteiger partial charge is 0.312 e. The van der Waals surface area contributed by atoms with Gasteiger partial charge in [0.15, 0.2) is 0 Å². The first-order chi connectivity index (χ1) is 14.4. The zero-order chi connectivity index (χ0) is 20.9. The average molecular weight is 447 g/mol. The molecule has 0 aliphatic carbocycles. The maximum atomic E-state index is 14.2. The number of nitrogens with zero attached hydrogens (tertiary/aromatic N) is 2. The van der Waals surface area contributed by atoms with Gasteiger partial charge in [0.25, 0.3) is 0 Å². The molecule has 0 bridgehead atoms. The van der Waals surface area contributed by atoms with E-state index in [2.05, 4.69) is 0 Å². The summed E-state index contributed by atoms with van der Waals surface area (Å²) in [5, 5.41) is -0.0489. The summed E-state index contributed by atoms with van der Waals surface area (Å²) in [7, 11) is -3.64. The highest BCUT2D eigenvalue weighted by Gasteiger charge is 2.35. The lowest BCUT2D eigenvalue weighted by Crippen LogP contribution is -2.34. The summed E-state index contributed by atoms with van der Waals surface area (Å²) in [5.74, 6) is 0.516. The van der Waals surface area contributed by atoms with Crippen molar-refractivity contribution in [2.24, 2.45) is 0 Å². The minimum Gasteiger partial charge on any atom is -0.312 e. The molecule has 0 aromatic heterocycles. The smallest absolute Gasteiger partial charge is 0.243 e. The molecular formula is C22H23FN2O3S2. The third-order valence-electron chi connectivity index (χ3n) is 6.22. The Morgan fingerprint density at radius 2 is 1.77 bits per heavy atom. The molecule has 1 saturated heterocycles. The van der Waals surface area contributed by atoms with E-state index in [0.717, 1.165) is 16.8 Å². The Labute approximate surface area is 180 Å². The number of amides is 1. The molecule has 1 atom stereocenters. The molecule has 5 nitrogen and oxygen atoms in total. The van der Waals surface area contributed by atoms with Crippen LogP contribution in [0.25, 0.3) is 0 Å². The number of carbonyl (C=O) groups excluding carboxylic acids is 1. The summed E-state index contributed by atoms with van der Waals surface area (Å²) in [6.07, 6.45) is 2.29. The molecule has 0 N–H and O–H groups in total. The summed E-state index contributed by atoms with van der Waals surface area (Å²) >= 11 is 1.61. The number of sulfonamides is 1. The number of halogens is 1. The second kappa shape index (κ2) is 7.66. The van der Waals surface area contributed by atoms with Gasteiger partial charge >= 0.3 is 0 Å². The van der Waals surface area contributed by atoms with Crippen molar-refractivity contribution in [3.8, 4) is 0 Å². The van der Waals surface area contributed by atoms with Gasteiger partial charge < -0.3 is 4.90 Å². The molecule has 158 valence electrons. The molecule has 2 aromatic rings. The highest BCUT2D eigenvalue weighted by molar-refractivity contribution is 7.99. The van der Waals surface area contributed by atoms with Gasteiger partial charge in [-0.1, -0.05) is 18.2 Å². The first-order valence-corrected chi connectivity index (χ1v) is 12.8. The number of anilines is 1. The highest BCUT2D eigenvalue weighted by atomic mass is 32.2. The Kier molecular flexibility index (Phi) is 5.11. The van der Waals surface area contributed by atoms with Gasteiger partial charge in [-0.2, -0.15) is 16.1 Å². The van der Waals surface area contributed by atoms with Crippen LogP contribution in [0.4, 0.5) is 10.1 Å². The second-order valence-corrected chi connectivity index (χ2v) is 11.2. The van der Waals surface area contributed by atoms with Gasteiger partial charge in [0.1, 0.15) is 5.82 Å². The van der Waals surface area contributed by atoms with Crippen molar-refractivity contribution >= 4 is 33.4 Å². The Hall–Kier alpha value is -1.90.